The Morgan fingerprint density at radius 2 is 2.00 bits per heavy atom. The van der Waals surface area contributed by atoms with Crippen LogP contribution in [0.5, 0.6) is 0 Å². The summed E-state index contributed by atoms with van der Waals surface area (Å²) in [6, 6.07) is 0. The van der Waals surface area contributed by atoms with E-state index in [4.69, 9.17) is 9.84 Å². The molecule has 0 unspecified atom stereocenters. The van der Waals surface area contributed by atoms with Gasteiger partial charge in [-0.25, -0.2) is 0 Å². The normalized spacial score (nSPS) is 25.7. The van der Waals surface area contributed by atoms with Crippen molar-refractivity contribution in [3.05, 3.63) is 0 Å². The number of carbonyl (C=O) groups excluding carboxylic acids is 1. The van der Waals surface area contributed by atoms with Gasteiger partial charge in [0.2, 0.25) is 0 Å². The molecule has 2 rings (SSSR count). The molecule has 1 N–H and O–H groups in total. The van der Waals surface area contributed by atoms with Gasteiger partial charge in [0.15, 0.2) is 0 Å². The first-order chi connectivity index (χ1) is 9.11. The Hall–Kier alpha value is -1.10. The predicted octanol–water partition coefficient (Wildman–Crippen LogP) is 1.66. The van der Waals surface area contributed by atoms with Crippen molar-refractivity contribution in [1.29, 1.82) is 0 Å². The molecule has 2 atom stereocenters. The third kappa shape index (κ3) is 3.47. The summed E-state index contributed by atoms with van der Waals surface area (Å²) in [5.74, 6) is -1.24. The fourth-order valence-corrected chi connectivity index (χ4v) is 2.95. The maximum Gasteiger partial charge on any atom is 0.308 e. The average Bonchev–Trinajstić information content (AvgIpc) is 3.06. The number of likely N-dealkylation sites (tertiary alicyclic amines) is 1. The van der Waals surface area contributed by atoms with Crippen molar-refractivity contribution in [2.45, 2.75) is 57.7 Å². The molecule has 0 aromatic rings. The highest BCUT2D eigenvalue weighted by molar-refractivity contribution is 5.82. The SMILES string of the molecule is CC[C@H](OC1CCCC1)C(=O)N1CC[C@@H](C(=O)O)C1. The number of rotatable bonds is 5. The topological polar surface area (TPSA) is 66.8 Å². The highest BCUT2D eigenvalue weighted by Crippen LogP contribution is 2.25. The molecule has 5 heteroatoms. The number of carboxylic acids is 1. The summed E-state index contributed by atoms with van der Waals surface area (Å²) in [6.45, 7) is 2.82. The molecule has 2 fully saturated rings. The number of hydrogen-bond donors (Lipinski definition) is 1. The Kier molecular flexibility index (Phi) is 4.80. The van der Waals surface area contributed by atoms with Gasteiger partial charge in [-0.1, -0.05) is 19.8 Å². The maximum absolute atomic E-state index is 12.3. The van der Waals surface area contributed by atoms with Gasteiger partial charge in [0.25, 0.3) is 5.91 Å². The molecule has 1 saturated heterocycles. The van der Waals surface area contributed by atoms with E-state index in [9.17, 15) is 9.59 Å². The summed E-state index contributed by atoms with van der Waals surface area (Å²) in [7, 11) is 0. The third-order valence-electron chi connectivity index (χ3n) is 4.15. The van der Waals surface area contributed by atoms with Crippen LogP contribution >= 0.6 is 0 Å². The lowest BCUT2D eigenvalue weighted by Crippen LogP contribution is -2.40. The monoisotopic (exact) mass is 269 g/mol. The van der Waals surface area contributed by atoms with E-state index in [1.54, 1.807) is 4.90 Å². The zero-order chi connectivity index (χ0) is 13.8. The molecule has 0 spiro atoms. The van der Waals surface area contributed by atoms with Crippen LogP contribution in [0.3, 0.4) is 0 Å². The van der Waals surface area contributed by atoms with Crippen LogP contribution in [-0.4, -0.2) is 47.2 Å². The zero-order valence-electron chi connectivity index (χ0n) is 11.5. The van der Waals surface area contributed by atoms with E-state index >= 15 is 0 Å². The average molecular weight is 269 g/mol. The van der Waals surface area contributed by atoms with Crippen LogP contribution in [0.4, 0.5) is 0 Å². The number of ether oxygens (including phenoxy) is 1. The van der Waals surface area contributed by atoms with Crippen LogP contribution < -0.4 is 0 Å². The van der Waals surface area contributed by atoms with E-state index in [-0.39, 0.29) is 12.0 Å². The number of carbonyl (C=O) groups is 2. The number of carboxylic acid groups (broad SMARTS) is 1. The molecule has 0 aromatic carbocycles. The van der Waals surface area contributed by atoms with E-state index in [1.165, 1.54) is 12.8 Å². The Labute approximate surface area is 113 Å². The van der Waals surface area contributed by atoms with Crippen LogP contribution in [0, 0.1) is 5.92 Å². The lowest BCUT2D eigenvalue weighted by molar-refractivity contribution is -0.147. The van der Waals surface area contributed by atoms with Gasteiger partial charge in [0.05, 0.1) is 12.0 Å². The quantitative estimate of drug-likeness (QED) is 0.824. The van der Waals surface area contributed by atoms with Crippen LogP contribution in [0.2, 0.25) is 0 Å². The highest BCUT2D eigenvalue weighted by Gasteiger charge is 2.34. The minimum atomic E-state index is -0.806. The fourth-order valence-electron chi connectivity index (χ4n) is 2.95. The molecular weight excluding hydrogens is 246 g/mol. The minimum Gasteiger partial charge on any atom is -0.481 e. The number of nitrogens with zero attached hydrogens (tertiary/aromatic N) is 1. The number of amides is 1. The Balaban J connectivity index is 1.87. The van der Waals surface area contributed by atoms with E-state index in [2.05, 4.69) is 0 Å². The first kappa shape index (κ1) is 14.3. The van der Waals surface area contributed by atoms with Crippen molar-refractivity contribution in [3.63, 3.8) is 0 Å². The van der Waals surface area contributed by atoms with Crippen LogP contribution in [0.1, 0.15) is 45.4 Å². The van der Waals surface area contributed by atoms with Crippen molar-refractivity contribution in [3.8, 4) is 0 Å². The summed E-state index contributed by atoms with van der Waals surface area (Å²) >= 11 is 0. The molecule has 108 valence electrons. The molecule has 0 bridgehead atoms. The predicted molar refractivity (Wildman–Crippen MR) is 69.7 cm³/mol. The van der Waals surface area contributed by atoms with E-state index < -0.39 is 18.0 Å². The molecule has 5 nitrogen and oxygen atoms in total. The van der Waals surface area contributed by atoms with Crippen molar-refractivity contribution in [1.82, 2.24) is 4.90 Å². The smallest absolute Gasteiger partial charge is 0.308 e. The molecular formula is C14H23NO4. The second-order valence-electron chi connectivity index (χ2n) is 5.55. The van der Waals surface area contributed by atoms with Gasteiger partial charge in [0.1, 0.15) is 6.10 Å². The Morgan fingerprint density at radius 1 is 1.32 bits per heavy atom. The summed E-state index contributed by atoms with van der Waals surface area (Å²) in [6.07, 6.45) is 5.48. The fraction of sp³-hybridized carbons (Fsp3) is 0.857. The van der Waals surface area contributed by atoms with Crippen molar-refractivity contribution in [2.24, 2.45) is 5.92 Å². The molecule has 1 heterocycles. The lowest BCUT2D eigenvalue weighted by Gasteiger charge is -2.25. The molecule has 2 aliphatic rings. The van der Waals surface area contributed by atoms with Gasteiger partial charge in [-0.15, -0.1) is 0 Å². The maximum atomic E-state index is 12.3. The number of aliphatic carboxylic acids is 1. The molecule has 1 amide bonds. The largest absolute Gasteiger partial charge is 0.481 e. The van der Waals surface area contributed by atoms with E-state index in [1.807, 2.05) is 6.92 Å². The second kappa shape index (κ2) is 6.37. The van der Waals surface area contributed by atoms with Gasteiger partial charge in [-0.2, -0.15) is 0 Å². The van der Waals surface area contributed by atoms with Crippen molar-refractivity contribution < 1.29 is 19.4 Å². The third-order valence-corrected chi connectivity index (χ3v) is 4.15. The molecule has 0 radical (unpaired) electrons. The Morgan fingerprint density at radius 3 is 2.53 bits per heavy atom. The first-order valence-corrected chi connectivity index (χ1v) is 7.29. The summed E-state index contributed by atoms with van der Waals surface area (Å²) < 4.78 is 5.89. The molecule has 1 saturated carbocycles. The van der Waals surface area contributed by atoms with Gasteiger partial charge < -0.3 is 14.7 Å². The minimum absolute atomic E-state index is 0.0295. The summed E-state index contributed by atoms with van der Waals surface area (Å²) in [4.78, 5) is 24.9. The van der Waals surface area contributed by atoms with Crippen molar-refractivity contribution in [2.75, 3.05) is 13.1 Å². The van der Waals surface area contributed by atoms with Crippen LogP contribution in [-0.2, 0) is 14.3 Å². The van der Waals surface area contributed by atoms with Gasteiger partial charge in [-0.3, -0.25) is 9.59 Å². The first-order valence-electron chi connectivity index (χ1n) is 7.29. The highest BCUT2D eigenvalue weighted by atomic mass is 16.5. The van der Waals surface area contributed by atoms with Crippen LogP contribution in [0.15, 0.2) is 0 Å². The van der Waals surface area contributed by atoms with Crippen molar-refractivity contribution >= 4 is 11.9 Å². The standard InChI is InChI=1S/C14H23NO4/c1-2-12(19-11-5-3-4-6-11)13(16)15-8-7-10(9-15)14(17)18/h10-12H,2-9H2,1H3,(H,17,18)/t10-,12+/m1/s1. The van der Waals surface area contributed by atoms with Gasteiger partial charge in [0, 0.05) is 13.1 Å². The summed E-state index contributed by atoms with van der Waals surface area (Å²) in [5.41, 5.74) is 0. The second-order valence-corrected chi connectivity index (χ2v) is 5.55. The molecule has 1 aliphatic carbocycles. The van der Waals surface area contributed by atoms with E-state index in [0.717, 1.165) is 12.8 Å². The molecule has 0 aromatic heterocycles. The molecule has 19 heavy (non-hydrogen) atoms. The summed E-state index contributed by atoms with van der Waals surface area (Å²) in [5, 5.41) is 8.97. The van der Waals surface area contributed by atoms with Crippen LogP contribution in [0.25, 0.3) is 0 Å². The van der Waals surface area contributed by atoms with Gasteiger partial charge >= 0.3 is 5.97 Å². The molecule has 1 aliphatic heterocycles. The Bertz CT molecular complexity index is 338. The van der Waals surface area contributed by atoms with E-state index in [0.29, 0.717) is 25.9 Å². The zero-order valence-corrected chi connectivity index (χ0v) is 11.5. The lowest BCUT2D eigenvalue weighted by atomic mass is 10.1. The van der Waals surface area contributed by atoms with Gasteiger partial charge in [-0.05, 0) is 25.7 Å². The number of hydrogen-bond acceptors (Lipinski definition) is 3.